The van der Waals surface area contributed by atoms with Gasteiger partial charge in [-0.15, -0.1) is 0 Å². The monoisotopic (exact) mass is 608 g/mol. The van der Waals surface area contributed by atoms with Crippen LogP contribution in [0.1, 0.15) is 0 Å². The molecule has 0 saturated heterocycles. The van der Waals surface area contributed by atoms with Gasteiger partial charge in [-0.05, 0) is 22.9 Å². The SMILES string of the molecule is C[Si]1(C)c2ccccc2-c2nc(-n3c4ccccc4c4ccccc43)nc(-c3nc(-c4ccccc4)nc(-c4ccccc4)n3)c21. The number of rotatable bonds is 4. The molecule has 9 rings (SSSR count). The van der Waals surface area contributed by atoms with E-state index in [9.17, 15) is 0 Å². The molecular weight excluding hydrogens is 581 g/mol. The summed E-state index contributed by atoms with van der Waals surface area (Å²) in [4.78, 5) is 26.1. The Kier molecular flexibility index (Phi) is 5.85. The van der Waals surface area contributed by atoms with E-state index in [0.29, 0.717) is 23.4 Å². The van der Waals surface area contributed by atoms with Gasteiger partial charge in [-0.2, -0.15) is 0 Å². The van der Waals surface area contributed by atoms with E-state index >= 15 is 0 Å². The molecule has 6 nitrogen and oxygen atoms in total. The van der Waals surface area contributed by atoms with Crippen molar-refractivity contribution in [1.29, 1.82) is 0 Å². The lowest BCUT2D eigenvalue weighted by molar-refractivity contribution is 0.985. The van der Waals surface area contributed by atoms with E-state index in [4.69, 9.17) is 24.9 Å². The van der Waals surface area contributed by atoms with Gasteiger partial charge in [0.15, 0.2) is 17.5 Å². The minimum atomic E-state index is -2.25. The summed E-state index contributed by atoms with van der Waals surface area (Å²) in [5.41, 5.74) is 6.88. The third-order valence-electron chi connectivity index (χ3n) is 9.07. The Morgan fingerprint density at radius 3 is 1.54 bits per heavy atom. The van der Waals surface area contributed by atoms with Gasteiger partial charge in [0.2, 0.25) is 5.95 Å². The Labute approximate surface area is 267 Å². The lowest BCUT2D eigenvalue weighted by Gasteiger charge is -2.21. The lowest BCUT2D eigenvalue weighted by atomic mass is 10.1. The quantitative estimate of drug-likeness (QED) is 0.193. The minimum absolute atomic E-state index is 0.557. The molecule has 0 radical (unpaired) electrons. The largest absolute Gasteiger partial charge is 0.278 e. The molecule has 0 unspecified atom stereocenters. The Balaban J connectivity index is 1.40. The van der Waals surface area contributed by atoms with E-state index < -0.39 is 8.07 Å². The van der Waals surface area contributed by atoms with Crippen molar-refractivity contribution in [3.8, 4) is 51.5 Å². The molecular formula is C39H28N6Si. The standard InChI is InChI=1S/C39H28N6Si/c1-46(2)32-24-14-11-21-29(32)33-35(46)34(41-39(40-33)45-30-22-12-9-19-27(30)28-20-10-13-23-31(28)45)38-43-36(25-15-5-3-6-16-25)42-37(44-38)26-17-7-4-8-18-26/h3-24H,1-2H3. The molecule has 46 heavy (non-hydrogen) atoms. The molecule has 7 heteroatoms. The fourth-order valence-corrected chi connectivity index (χ4v) is 10.1. The van der Waals surface area contributed by atoms with Crippen molar-refractivity contribution in [2.45, 2.75) is 13.1 Å². The summed E-state index contributed by atoms with van der Waals surface area (Å²) in [6, 6.07) is 45.8. The van der Waals surface area contributed by atoms with Crippen molar-refractivity contribution in [2.24, 2.45) is 0 Å². The molecule has 218 valence electrons. The first-order valence-corrected chi connectivity index (χ1v) is 18.5. The van der Waals surface area contributed by atoms with Crippen molar-refractivity contribution in [3.63, 3.8) is 0 Å². The van der Waals surface area contributed by atoms with Crippen LogP contribution in [-0.2, 0) is 0 Å². The Morgan fingerprint density at radius 1 is 0.457 bits per heavy atom. The number of nitrogens with zero attached hydrogens (tertiary/aromatic N) is 6. The molecule has 3 aromatic heterocycles. The van der Waals surface area contributed by atoms with E-state index in [1.54, 1.807) is 0 Å². The Morgan fingerprint density at radius 2 is 0.935 bits per heavy atom. The van der Waals surface area contributed by atoms with Gasteiger partial charge in [0, 0.05) is 27.1 Å². The zero-order valence-corrected chi connectivity index (χ0v) is 26.4. The molecule has 0 spiro atoms. The fraction of sp³-hybridized carbons (Fsp3) is 0.0513. The minimum Gasteiger partial charge on any atom is -0.278 e. The number of benzene rings is 5. The molecule has 0 bridgehead atoms. The number of aromatic nitrogens is 6. The summed E-state index contributed by atoms with van der Waals surface area (Å²) in [5.74, 6) is 2.40. The second kappa shape index (κ2) is 10.1. The fourth-order valence-electron chi connectivity index (χ4n) is 6.92. The van der Waals surface area contributed by atoms with Gasteiger partial charge in [0.05, 0.1) is 16.7 Å². The zero-order chi connectivity index (χ0) is 30.8. The average Bonchev–Trinajstić information content (AvgIpc) is 3.57. The van der Waals surface area contributed by atoms with E-state index in [-0.39, 0.29) is 0 Å². The smallest absolute Gasteiger partial charge is 0.235 e. The third kappa shape index (κ3) is 3.99. The highest BCUT2D eigenvalue weighted by Gasteiger charge is 2.42. The van der Waals surface area contributed by atoms with Gasteiger partial charge in [0.25, 0.3) is 0 Å². The van der Waals surface area contributed by atoms with Crippen LogP contribution in [0.3, 0.4) is 0 Å². The maximum absolute atomic E-state index is 5.44. The highest BCUT2D eigenvalue weighted by Crippen LogP contribution is 2.35. The van der Waals surface area contributed by atoms with E-state index in [2.05, 4.69) is 90.5 Å². The van der Waals surface area contributed by atoms with Crippen molar-refractivity contribution in [1.82, 2.24) is 29.5 Å². The van der Waals surface area contributed by atoms with Gasteiger partial charge in [-0.1, -0.05) is 134 Å². The summed E-state index contributed by atoms with van der Waals surface area (Å²) in [6.45, 7) is 4.75. The molecule has 0 N–H and O–H groups in total. The van der Waals surface area contributed by atoms with Crippen LogP contribution in [0.2, 0.25) is 13.1 Å². The van der Waals surface area contributed by atoms with Crippen LogP contribution in [0.5, 0.6) is 0 Å². The molecule has 0 atom stereocenters. The molecule has 5 aromatic carbocycles. The van der Waals surface area contributed by atoms with Crippen LogP contribution >= 0.6 is 0 Å². The summed E-state index contributed by atoms with van der Waals surface area (Å²) in [7, 11) is -2.25. The van der Waals surface area contributed by atoms with Gasteiger partial charge < -0.3 is 0 Å². The molecule has 0 aliphatic carbocycles. The van der Waals surface area contributed by atoms with Gasteiger partial charge in [-0.25, -0.2) is 24.9 Å². The predicted molar refractivity (Wildman–Crippen MR) is 188 cm³/mol. The molecule has 0 saturated carbocycles. The molecule has 0 amide bonds. The maximum atomic E-state index is 5.44. The first kappa shape index (κ1) is 26.6. The van der Waals surface area contributed by atoms with Gasteiger partial charge in [-0.3, -0.25) is 4.57 Å². The van der Waals surface area contributed by atoms with Crippen molar-refractivity contribution in [3.05, 3.63) is 133 Å². The number of hydrogen-bond donors (Lipinski definition) is 0. The number of fused-ring (bicyclic) bond motifs is 6. The van der Waals surface area contributed by atoms with Crippen molar-refractivity contribution in [2.75, 3.05) is 0 Å². The molecule has 0 fully saturated rings. The molecule has 8 aromatic rings. The number of hydrogen-bond acceptors (Lipinski definition) is 5. The predicted octanol–water partition coefficient (Wildman–Crippen LogP) is 7.56. The topological polar surface area (TPSA) is 69.4 Å². The molecule has 1 aliphatic rings. The Bertz CT molecular complexity index is 2340. The summed E-state index contributed by atoms with van der Waals surface area (Å²) >= 11 is 0. The van der Waals surface area contributed by atoms with Crippen LogP contribution in [0, 0.1) is 0 Å². The highest BCUT2D eigenvalue weighted by molar-refractivity contribution is 7.04. The van der Waals surface area contributed by atoms with Crippen molar-refractivity contribution < 1.29 is 0 Å². The third-order valence-corrected chi connectivity index (χ3v) is 12.6. The lowest BCUT2D eigenvalue weighted by Crippen LogP contribution is -2.50. The highest BCUT2D eigenvalue weighted by atomic mass is 28.3. The zero-order valence-electron chi connectivity index (χ0n) is 25.4. The van der Waals surface area contributed by atoms with Crippen LogP contribution < -0.4 is 10.4 Å². The van der Waals surface area contributed by atoms with E-state index in [1.165, 1.54) is 10.8 Å². The molecule has 1 aliphatic heterocycles. The van der Waals surface area contributed by atoms with Gasteiger partial charge in [0.1, 0.15) is 13.8 Å². The van der Waals surface area contributed by atoms with Crippen molar-refractivity contribution >= 4 is 40.3 Å². The van der Waals surface area contributed by atoms with Crippen LogP contribution in [0.25, 0.3) is 73.3 Å². The average molecular weight is 609 g/mol. The summed E-state index contributed by atoms with van der Waals surface area (Å²) in [5, 5.41) is 4.83. The summed E-state index contributed by atoms with van der Waals surface area (Å²) < 4.78 is 2.18. The Hall–Kier alpha value is -5.79. The maximum Gasteiger partial charge on any atom is 0.235 e. The van der Waals surface area contributed by atoms with Crippen LogP contribution in [0.15, 0.2) is 133 Å². The van der Waals surface area contributed by atoms with E-state index in [1.807, 2.05) is 60.7 Å². The second-order valence-electron chi connectivity index (χ2n) is 12.2. The number of para-hydroxylation sites is 2. The molecule has 4 heterocycles. The van der Waals surface area contributed by atoms with Crippen LogP contribution in [-0.4, -0.2) is 37.6 Å². The first-order valence-electron chi connectivity index (χ1n) is 15.5. The second-order valence-corrected chi connectivity index (χ2v) is 16.5. The normalized spacial score (nSPS) is 13.2. The van der Waals surface area contributed by atoms with E-state index in [0.717, 1.165) is 49.5 Å². The summed E-state index contributed by atoms with van der Waals surface area (Å²) in [6.07, 6.45) is 0. The van der Waals surface area contributed by atoms with Gasteiger partial charge >= 0.3 is 0 Å². The van der Waals surface area contributed by atoms with Crippen LogP contribution in [0.4, 0.5) is 0 Å². The first-order chi connectivity index (χ1) is 22.6.